The lowest BCUT2D eigenvalue weighted by molar-refractivity contribution is 0.102. The molecule has 0 aliphatic rings. The number of aromatic nitrogens is 1. The molecule has 0 aliphatic carbocycles. The Morgan fingerprint density at radius 1 is 1.17 bits per heavy atom. The van der Waals surface area contributed by atoms with E-state index in [-0.39, 0.29) is 5.56 Å². The van der Waals surface area contributed by atoms with Crippen molar-refractivity contribution in [2.45, 2.75) is 13.3 Å². The molecule has 24 heavy (non-hydrogen) atoms. The van der Waals surface area contributed by atoms with Gasteiger partial charge in [-0.15, -0.1) is 11.3 Å². The maximum atomic E-state index is 13.6. The smallest absolute Gasteiger partial charge is 0.260 e. The minimum atomic E-state index is -0.777. The number of rotatable bonds is 4. The Bertz CT molecular complexity index is 875. The molecule has 0 unspecified atom stereocenters. The SMILES string of the molecule is CCc1ccc(-c2csc(NC(=O)c3cc(F)ccc3F)n2)cc1. The number of hydrogen-bond donors (Lipinski definition) is 1. The van der Waals surface area contributed by atoms with E-state index in [1.165, 1.54) is 16.9 Å². The molecule has 2 aromatic carbocycles. The molecule has 0 fully saturated rings. The standard InChI is InChI=1S/C18H14F2N2OS/c1-2-11-3-5-12(6-4-11)16-10-24-18(21-16)22-17(23)14-9-13(19)7-8-15(14)20/h3-10H,2H2,1H3,(H,21,22,23). The molecular weight excluding hydrogens is 330 g/mol. The van der Waals surface area contributed by atoms with E-state index in [9.17, 15) is 13.6 Å². The van der Waals surface area contributed by atoms with Crippen LogP contribution >= 0.6 is 11.3 Å². The number of halogens is 2. The molecule has 0 bridgehead atoms. The quantitative estimate of drug-likeness (QED) is 0.731. The van der Waals surface area contributed by atoms with Gasteiger partial charge in [-0.05, 0) is 30.2 Å². The van der Waals surface area contributed by atoms with Crippen LogP contribution in [0.5, 0.6) is 0 Å². The molecule has 122 valence electrons. The molecule has 6 heteroatoms. The third kappa shape index (κ3) is 3.49. The summed E-state index contributed by atoms with van der Waals surface area (Å²) in [5, 5.41) is 4.64. The summed E-state index contributed by atoms with van der Waals surface area (Å²) in [5.74, 6) is -2.17. The number of benzene rings is 2. The first-order chi connectivity index (χ1) is 11.6. The van der Waals surface area contributed by atoms with E-state index in [2.05, 4.69) is 17.2 Å². The fourth-order valence-electron chi connectivity index (χ4n) is 2.21. The van der Waals surface area contributed by atoms with Gasteiger partial charge in [0.05, 0.1) is 11.3 Å². The van der Waals surface area contributed by atoms with Crippen molar-refractivity contribution in [2.75, 3.05) is 5.32 Å². The van der Waals surface area contributed by atoms with E-state index in [1.54, 1.807) is 5.38 Å². The highest BCUT2D eigenvalue weighted by molar-refractivity contribution is 7.14. The molecule has 0 aliphatic heterocycles. The Balaban J connectivity index is 1.78. The number of amides is 1. The molecule has 0 saturated carbocycles. The zero-order chi connectivity index (χ0) is 17.1. The topological polar surface area (TPSA) is 42.0 Å². The van der Waals surface area contributed by atoms with Gasteiger partial charge in [0.1, 0.15) is 11.6 Å². The highest BCUT2D eigenvalue weighted by Gasteiger charge is 2.15. The van der Waals surface area contributed by atoms with Gasteiger partial charge in [-0.2, -0.15) is 0 Å². The van der Waals surface area contributed by atoms with Gasteiger partial charge in [0.15, 0.2) is 5.13 Å². The van der Waals surface area contributed by atoms with Crippen molar-refractivity contribution >= 4 is 22.4 Å². The monoisotopic (exact) mass is 344 g/mol. The molecule has 0 atom stereocenters. The van der Waals surface area contributed by atoms with Crippen molar-refractivity contribution in [1.29, 1.82) is 0 Å². The van der Waals surface area contributed by atoms with Crippen LogP contribution in [-0.4, -0.2) is 10.9 Å². The van der Waals surface area contributed by atoms with Crippen molar-refractivity contribution in [3.05, 3.63) is 70.6 Å². The number of hydrogen-bond acceptors (Lipinski definition) is 3. The van der Waals surface area contributed by atoms with E-state index in [0.717, 1.165) is 35.9 Å². The first-order valence-corrected chi connectivity index (χ1v) is 8.26. The van der Waals surface area contributed by atoms with E-state index in [4.69, 9.17) is 0 Å². The van der Waals surface area contributed by atoms with Crippen molar-refractivity contribution in [3.63, 3.8) is 0 Å². The predicted molar refractivity (Wildman–Crippen MR) is 91.2 cm³/mol. The van der Waals surface area contributed by atoms with Crippen LogP contribution in [0, 0.1) is 11.6 Å². The highest BCUT2D eigenvalue weighted by Crippen LogP contribution is 2.26. The Hall–Kier alpha value is -2.60. The number of anilines is 1. The molecule has 0 spiro atoms. The minimum Gasteiger partial charge on any atom is -0.298 e. The maximum Gasteiger partial charge on any atom is 0.260 e. The number of aryl methyl sites for hydroxylation is 1. The van der Waals surface area contributed by atoms with Crippen molar-refractivity contribution < 1.29 is 13.6 Å². The Morgan fingerprint density at radius 2 is 1.92 bits per heavy atom. The van der Waals surface area contributed by atoms with Crippen LogP contribution in [0.25, 0.3) is 11.3 Å². The second kappa shape index (κ2) is 6.88. The van der Waals surface area contributed by atoms with Gasteiger partial charge in [-0.1, -0.05) is 31.2 Å². The predicted octanol–water partition coefficient (Wildman–Crippen LogP) is 4.90. The van der Waals surface area contributed by atoms with Gasteiger partial charge < -0.3 is 0 Å². The van der Waals surface area contributed by atoms with Crippen LogP contribution < -0.4 is 5.32 Å². The fourth-order valence-corrected chi connectivity index (χ4v) is 2.93. The average Bonchev–Trinajstić information content (AvgIpc) is 3.05. The second-order valence-corrected chi connectivity index (χ2v) is 6.02. The van der Waals surface area contributed by atoms with Gasteiger partial charge in [0.2, 0.25) is 0 Å². The molecule has 1 amide bonds. The van der Waals surface area contributed by atoms with Gasteiger partial charge in [0, 0.05) is 10.9 Å². The first-order valence-electron chi connectivity index (χ1n) is 7.38. The number of thiazole rings is 1. The van der Waals surface area contributed by atoms with Crippen LogP contribution in [0.2, 0.25) is 0 Å². The summed E-state index contributed by atoms with van der Waals surface area (Å²) >= 11 is 1.23. The Morgan fingerprint density at radius 3 is 2.62 bits per heavy atom. The summed E-state index contributed by atoms with van der Waals surface area (Å²) in [7, 11) is 0. The molecule has 3 nitrogen and oxygen atoms in total. The second-order valence-electron chi connectivity index (χ2n) is 5.17. The van der Waals surface area contributed by atoms with Crippen LogP contribution in [0.15, 0.2) is 47.8 Å². The summed E-state index contributed by atoms with van der Waals surface area (Å²) in [6, 6.07) is 10.7. The van der Waals surface area contributed by atoms with Crippen LogP contribution in [0.4, 0.5) is 13.9 Å². The van der Waals surface area contributed by atoms with E-state index < -0.39 is 17.5 Å². The van der Waals surface area contributed by atoms with Crippen LogP contribution in [-0.2, 0) is 6.42 Å². The minimum absolute atomic E-state index is 0.332. The Labute approximate surface area is 142 Å². The van der Waals surface area contributed by atoms with Gasteiger partial charge >= 0.3 is 0 Å². The lowest BCUT2D eigenvalue weighted by atomic mass is 10.1. The Kier molecular flexibility index (Phi) is 4.66. The number of carbonyl (C=O) groups excluding carboxylic acids is 1. The summed E-state index contributed by atoms with van der Waals surface area (Å²) in [6.07, 6.45) is 0.956. The molecule has 3 rings (SSSR count). The fraction of sp³-hybridized carbons (Fsp3) is 0.111. The van der Waals surface area contributed by atoms with Crippen molar-refractivity contribution in [2.24, 2.45) is 0 Å². The molecule has 3 aromatic rings. The van der Waals surface area contributed by atoms with Gasteiger partial charge in [-0.3, -0.25) is 10.1 Å². The summed E-state index contributed by atoms with van der Waals surface area (Å²) < 4.78 is 26.8. The number of carbonyl (C=O) groups is 1. The van der Waals surface area contributed by atoms with E-state index in [0.29, 0.717) is 5.13 Å². The molecule has 1 heterocycles. The van der Waals surface area contributed by atoms with Crippen molar-refractivity contribution in [1.82, 2.24) is 4.98 Å². The highest BCUT2D eigenvalue weighted by atomic mass is 32.1. The maximum absolute atomic E-state index is 13.6. The number of nitrogens with zero attached hydrogens (tertiary/aromatic N) is 1. The van der Waals surface area contributed by atoms with Crippen LogP contribution in [0.1, 0.15) is 22.8 Å². The lowest BCUT2D eigenvalue weighted by Gasteiger charge is -2.03. The van der Waals surface area contributed by atoms with Gasteiger partial charge in [0.25, 0.3) is 5.91 Å². The summed E-state index contributed by atoms with van der Waals surface area (Å²) in [5.41, 5.74) is 2.53. The molecule has 1 N–H and O–H groups in total. The molecule has 1 aromatic heterocycles. The summed E-state index contributed by atoms with van der Waals surface area (Å²) in [4.78, 5) is 16.4. The van der Waals surface area contributed by atoms with E-state index in [1.807, 2.05) is 24.3 Å². The lowest BCUT2D eigenvalue weighted by Crippen LogP contribution is -2.13. The summed E-state index contributed by atoms with van der Waals surface area (Å²) in [6.45, 7) is 2.08. The average molecular weight is 344 g/mol. The van der Waals surface area contributed by atoms with Gasteiger partial charge in [-0.25, -0.2) is 13.8 Å². The zero-order valence-corrected chi connectivity index (χ0v) is 13.7. The molecule has 0 radical (unpaired) electrons. The van der Waals surface area contributed by atoms with Crippen molar-refractivity contribution in [3.8, 4) is 11.3 Å². The third-order valence-electron chi connectivity index (χ3n) is 3.56. The first kappa shape index (κ1) is 16.3. The largest absolute Gasteiger partial charge is 0.298 e. The molecular formula is C18H14F2N2OS. The zero-order valence-electron chi connectivity index (χ0n) is 12.8. The normalized spacial score (nSPS) is 10.6. The van der Waals surface area contributed by atoms with Crippen LogP contribution in [0.3, 0.4) is 0 Å². The number of nitrogens with one attached hydrogen (secondary N) is 1. The van der Waals surface area contributed by atoms with E-state index >= 15 is 0 Å². The molecule has 0 saturated heterocycles. The third-order valence-corrected chi connectivity index (χ3v) is 4.31.